The predicted octanol–water partition coefficient (Wildman–Crippen LogP) is 3.58. The van der Waals surface area contributed by atoms with Crippen LogP contribution in [0, 0.1) is 17.1 Å². The van der Waals surface area contributed by atoms with Crippen LogP contribution in [0.3, 0.4) is 0 Å². The van der Waals surface area contributed by atoms with Gasteiger partial charge in [-0.3, -0.25) is 0 Å². The maximum atomic E-state index is 13.8. The van der Waals surface area contributed by atoms with Crippen LogP contribution in [0.25, 0.3) is 5.65 Å². The summed E-state index contributed by atoms with van der Waals surface area (Å²) in [6.45, 7) is 1.82. The SMILES string of the molecule is COc1ccc(F)c(Cl)c1[C@@H](C)Nc1ccn2ncc(C#N)c2n1. The molecule has 0 aliphatic rings. The van der Waals surface area contributed by atoms with E-state index in [4.69, 9.17) is 21.6 Å². The van der Waals surface area contributed by atoms with Crippen molar-refractivity contribution in [3.63, 3.8) is 0 Å². The Hall–Kier alpha value is -2.85. The van der Waals surface area contributed by atoms with Gasteiger partial charge in [0.1, 0.15) is 29.0 Å². The van der Waals surface area contributed by atoms with E-state index >= 15 is 0 Å². The van der Waals surface area contributed by atoms with Crippen LogP contribution in [0.2, 0.25) is 5.02 Å². The number of anilines is 1. The van der Waals surface area contributed by atoms with E-state index in [1.54, 1.807) is 12.3 Å². The summed E-state index contributed by atoms with van der Waals surface area (Å²) in [7, 11) is 1.50. The largest absolute Gasteiger partial charge is 0.496 e. The van der Waals surface area contributed by atoms with Gasteiger partial charge in [0.05, 0.1) is 24.4 Å². The van der Waals surface area contributed by atoms with Crippen molar-refractivity contribution in [2.75, 3.05) is 12.4 Å². The maximum Gasteiger partial charge on any atom is 0.175 e. The highest BCUT2D eigenvalue weighted by Crippen LogP contribution is 2.35. The molecule has 8 heteroatoms. The Kier molecular flexibility index (Phi) is 4.23. The summed E-state index contributed by atoms with van der Waals surface area (Å²) in [5.41, 5.74) is 1.30. The van der Waals surface area contributed by atoms with Crippen molar-refractivity contribution in [3.05, 3.63) is 52.6 Å². The monoisotopic (exact) mass is 345 g/mol. The van der Waals surface area contributed by atoms with Crippen LogP contribution in [-0.4, -0.2) is 21.7 Å². The fraction of sp³-hybridized carbons (Fsp3) is 0.188. The first-order valence-electron chi connectivity index (χ1n) is 7.08. The number of hydrogen-bond acceptors (Lipinski definition) is 5. The molecular weight excluding hydrogens is 333 g/mol. The van der Waals surface area contributed by atoms with Gasteiger partial charge in [0, 0.05) is 11.8 Å². The van der Waals surface area contributed by atoms with Crippen LogP contribution in [0.4, 0.5) is 10.2 Å². The molecule has 0 fully saturated rings. The van der Waals surface area contributed by atoms with Crippen molar-refractivity contribution in [1.29, 1.82) is 5.26 Å². The molecule has 6 nitrogen and oxygen atoms in total. The standard InChI is InChI=1S/C16H13ClFN5O/c1-9(14-12(24-2)4-3-11(18)15(14)17)21-13-5-6-23-16(22-13)10(7-19)8-20-23/h3-6,8-9H,1-2H3,(H,21,22)/t9-/m1/s1. The number of methoxy groups -OCH3 is 1. The van der Waals surface area contributed by atoms with Crippen molar-refractivity contribution in [2.45, 2.75) is 13.0 Å². The van der Waals surface area contributed by atoms with Gasteiger partial charge in [-0.2, -0.15) is 10.4 Å². The van der Waals surface area contributed by atoms with Crippen LogP contribution >= 0.6 is 11.6 Å². The van der Waals surface area contributed by atoms with Crippen molar-refractivity contribution in [3.8, 4) is 11.8 Å². The third-order valence-electron chi connectivity index (χ3n) is 3.60. The Morgan fingerprint density at radius 2 is 2.21 bits per heavy atom. The lowest BCUT2D eigenvalue weighted by Crippen LogP contribution is -2.11. The molecule has 1 aromatic carbocycles. The molecule has 3 aromatic rings. The quantitative estimate of drug-likeness (QED) is 0.782. The molecule has 0 aliphatic carbocycles. The summed E-state index contributed by atoms with van der Waals surface area (Å²) in [4.78, 5) is 4.37. The summed E-state index contributed by atoms with van der Waals surface area (Å²) >= 11 is 6.09. The van der Waals surface area contributed by atoms with E-state index in [1.165, 1.54) is 30.0 Å². The number of ether oxygens (including phenoxy) is 1. The van der Waals surface area contributed by atoms with E-state index in [2.05, 4.69) is 15.4 Å². The third-order valence-corrected chi connectivity index (χ3v) is 3.98. The predicted molar refractivity (Wildman–Crippen MR) is 87.7 cm³/mol. The lowest BCUT2D eigenvalue weighted by Gasteiger charge is -2.19. The summed E-state index contributed by atoms with van der Waals surface area (Å²) in [6.07, 6.45) is 3.13. The highest BCUT2D eigenvalue weighted by atomic mass is 35.5. The summed E-state index contributed by atoms with van der Waals surface area (Å²) in [5.74, 6) is 0.464. The molecule has 122 valence electrons. The van der Waals surface area contributed by atoms with Gasteiger partial charge in [-0.05, 0) is 25.1 Å². The molecule has 0 saturated heterocycles. The Balaban J connectivity index is 1.97. The lowest BCUT2D eigenvalue weighted by molar-refractivity contribution is 0.406. The van der Waals surface area contributed by atoms with Crippen molar-refractivity contribution in [1.82, 2.24) is 14.6 Å². The molecule has 1 atom stereocenters. The third kappa shape index (κ3) is 2.72. The number of fused-ring (bicyclic) bond motifs is 1. The first-order chi connectivity index (χ1) is 11.5. The van der Waals surface area contributed by atoms with Gasteiger partial charge < -0.3 is 10.1 Å². The Morgan fingerprint density at radius 3 is 2.92 bits per heavy atom. The van der Waals surface area contributed by atoms with Crippen LogP contribution in [0.1, 0.15) is 24.1 Å². The number of hydrogen-bond donors (Lipinski definition) is 1. The first-order valence-corrected chi connectivity index (χ1v) is 7.46. The number of nitriles is 1. The molecule has 0 spiro atoms. The number of benzene rings is 1. The van der Waals surface area contributed by atoms with E-state index in [0.29, 0.717) is 28.3 Å². The first kappa shape index (κ1) is 16.0. The smallest absolute Gasteiger partial charge is 0.175 e. The van der Waals surface area contributed by atoms with E-state index < -0.39 is 5.82 Å². The molecule has 0 unspecified atom stereocenters. The molecule has 3 rings (SSSR count). The molecule has 2 aromatic heterocycles. The molecule has 24 heavy (non-hydrogen) atoms. The van der Waals surface area contributed by atoms with Crippen LogP contribution in [0.5, 0.6) is 5.75 Å². The number of aromatic nitrogens is 3. The lowest BCUT2D eigenvalue weighted by atomic mass is 10.1. The highest BCUT2D eigenvalue weighted by Gasteiger charge is 2.19. The van der Waals surface area contributed by atoms with Gasteiger partial charge in [-0.25, -0.2) is 13.9 Å². The van der Waals surface area contributed by atoms with E-state index in [-0.39, 0.29) is 11.1 Å². The Bertz CT molecular complexity index is 950. The van der Waals surface area contributed by atoms with E-state index in [1.807, 2.05) is 13.0 Å². The van der Waals surface area contributed by atoms with Gasteiger partial charge in [-0.15, -0.1) is 0 Å². The zero-order chi connectivity index (χ0) is 17.3. The van der Waals surface area contributed by atoms with Crippen LogP contribution in [-0.2, 0) is 0 Å². The summed E-state index contributed by atoms with van der Waals surface area (Å²) < 4.78 is 20.6. The number of halogens is 2. The molecule has 0 bridgehead atoms. The summed E-state index contributed by atoms with van der Waals surface area (Å²) in [5, 5.41) is 16.2. The fourth-order valence-electron chi connectivity index (χ4n) is 2.45. The van der Waals surface area contributed by atoms with Gasteiger partial charge in [-0.1, -0.05) is 11.6 Å². The van der Waals surface area contributed by atoms with Crippen molar-refractivity contribution < 1.29 is 9.13 Å². The maximum absolute atomic E-state index is 13.8. The van der Waals surface area contributed by atoms with Crippen molar-refractivity contribution in [2.24, 2.45) is 0 Å². The van der Waals surface area contributed by atoms with E-state index in [9.17, 15) is 4.39 Å². The second kappa shape index (κ2) is 6.34. The average molecular weight is 346 g/mol. The minimum atomic E-state index is -0.521. The molecular formula is C16H13ClFN5O. The van der Waals surface area contributed by atoms with Gasteiger partial charge in [0.25, 0.3) is 0 Å². The normalized spacial score (nSPS) is 12.0. The highest BCUT2D eigenvalue weighted by molar-refractivity contribution is 6.31. The minimum absolute atomic E-state index is 0.00232. The second-order valence-electron chi connectivity index (χ2n) is 5.09. The fourth-order valence-corrected chi connectivity index (χ4v) is 2.77. The molecule has 0 radical (unpaired) electrons. The van der Waals surface area contributed by atoms with Gasteiger partial charge in [0.2, 0.25) is 0 Å². The van der Waals surface area contributed by atoms with Gasteiger partial charge in [0.15, 0.2) is 5.65 Å². The number of nitrogens with zero attached hydrogens (tertiary/aromatic N) is 4. The molecule has 0 amide bonds. The zero-order valence-electron chi connectivity index (χ0n) is 12.9. The minimum Gasteiger partial charge on any atom is -0.496 e. The molecule has 0 aliphatic heterocycles. The van der Waals surface area contributed by atoms with Crippen LogP contribution in [0.15, 0.2) is 30.6 Å². The Labute approximate surface area is 142 Å². The number of rotatable bonds is 4. The van der Waals surface area contributed by atoms with E-state index in [0.717, 1.165) is 0 Å². The van der Waals surface area contributed by atoms with Crippen molar-refractivity contribution >= 4 is 23.1 Å². The van der Waals surface area contributed by atoms with Crippen LogP contribution < -0.4 is 10.1 Å². The topological polar surface area (TPSA) is 75.2 Å². The average Bonchev–Trinajstić information content (AvgIpc) is 2.99. The Morgan fingerprint density at radius 1 is 1.42 bits per heavy atom. The molecule has 0 saturated carbocycles. The second-order valence-corrected chi connectivity index (χ2v) is 5.47. The zero-order valence-corrected chi connectivity index (χ0v) is 13.7. The molecule has 1 N–H and O–H groups in total. The molecule has 2 heterocycles. The van der Waals surface area contributed by atoms with Gasteiger partial charge >= 0.3 is 0 Å². The summed E-state index contributed by atoms with van der Waals surface area (Å²) in [6, 6.07) is 6.15. The number of nitrogens with one attached hydrogen (secondary N) is 1.